The van der Waals surface area contributed by atoms with Crippen LogP contribution in [0.2, 0.25) is 0 Å². The van der Waals surface area contributed by atoms with Crippen molar-refractivity contribution < 1.29 is 42.1 Å². The lowest BCUT2D eigenvalue weighted by molar-refractivity contribution is -0.140. The fraction of sp³-hybridized carbons (Fsp3) is 0.446. The molecule has 17 heteroatoms. The Morgan fingerprint density at radius 3 is 2.40 bits per heavy atom. The molecule has 3 heterocycles. The van der Waals surface area contributed by atoms with Crippen molar-refractivity contribution in [2.45, 2.75) is 103 Å². The highest BCUT2D eigenvalue weighted by atomic mass is 19.4. The second-order valence-electron chi connectivity index (χ2n) is 18.6. The van der Waals surface area contributed by atoms with Crippen LogP contribution in [0, 0.1) is 11.8 Å². The Hall–Kier alpha value is -6.90. The average molecular weight is 1010 g/mol. The summed E-state index contributed by atoms with van der Waals surface area (Å²) in [5.74, 6) is 6.67. The number of likely N-dealkylation sites (tertiary alicyclic amines) is 1. The van der Waals surface area contributed by atoms with E-state index >= 15 is 0 Å². The summed E-state index contributed by atoms with van der Waals surface area (Å²) in [5, 5.41) is 25.6. The molecule has 1 atom stereocenters. The maximum Gasteiger partial charge on any atom is 0.406 e. The normalized spacial score (nSPS) is 15.1. The van der Waals surface area contributed by atoms with Gasteiger partial charge in [-0.15, -0.1) is 0 Å². The van der Waals surface area contributed by atoms with E-state index in [0.29, 0.717) is 59.6 Å². The summed E-state index contributed by atoms with van der Waals surface area (Å²) in [7, 11) is 4.89. The van der Waals surface area contributed by atoms with Crippen molar-refractivity contribution in [3.05, 3.63) is 113 Å². The van der Waals surface area contributed by atoms with Crippen LogP contribution in [0.4, 0.5) is 30.2 Å². The number of carbonyl (C=O) groups is 3. The first kappa shape index (κ1) is 55.4. The zero-order valence-electron chi connectivity index (χ0n) is 42.7. The zero-order chi connectivity index (χ0) is 52.3. The summed E-state index contributed by atoms with van der Waals surface area (Å²) in [6, 6.07) is 25.6. The van der Waals surface area contributed by atoms with E-state index in [4.69, 9.17) is 9.47 Å². The number of aliphatic hydroxyl groups is 1. The van der Waals surface area contributed by atoms with Crippen LogP contribution in [0.15, 0.2) is 84.9 Å². The Labute approximate surface area is 427 Å². The number of ether oxygens (including phenoxy) is 2. The van der Waals surface area contributed by atoms with Crippen molar-refractivity contribution >= 4 is 45.7 Å². The first-order chi connectivity index (χ1) is 35.2. The molecule has 2 aliphatic heterocycles. The van der Waals surface area contributed by atoms with Crippen LogP contribution >= 0.6 is 0 Å². The van der Waals surface area contributed by atoms with Crippen LogP contribution in [-0.2, 0) is 35.7 Å². The van der Waals surface area contributed by atoms with E-state index in [2.05, 4.69) is 57.2 Å². The van der Waals surface area contributed by atoms with E-state index in [-0.39, 0.29) is 55.2 Å². The molecular formula is C56H71F3N8O6. The van der Waals surface area contributed by atoms with Crippen LogP contribution in [0.5, 0.6) is 11.5 Å². The summed E-state index contributed by atoms with van der Waals surface area (Å²) < 4.78 is 54.3. The van der Waals surface area contributed by atoms with Gasteiger partial charge in [-0.1, -0.05) is 69.0 Å². The van der Waals surface area contributed by atoms with Gasteiger partial charge in [-0.2, -0.15) is 13.2 Å². The molecule has 14 nitrogen and oxygen atoms in total. The Balaban J connectivity index is 0.00000283. The molecule has 1 saturated heterocycles. The number of halogens is 3. The van der Waals surface area contributed by atoms with E-state index in [9.17, 15) is 32.7 Å². The standard InChI is InChI=1S/C53H63F3N8O6.C3H8/c1-57-52(68)39-18-20-46(49(28-39)69-3)58-23-8-9-42-29-44-45(10-7-11-47(44)64(42)35-53(54,55)56)60-40-21-25-63(26-22-40)24-6-4-5-12-50(66)59-31-36-13-15-37(16-14-36)34-70-43-19-17-38-27-41(33-65)61-51(67)32-62(2)48(38)30-43;1-3-2/h7,10-11,13-20,28-30,40-41,58,60,65H,4-6,12,21-27,31-35H2,1-3H3,(H,57,68)(H,59,66)(H,61,67);3H2,1-2H3. The van der Waals surface area contributed by atoms with Crippen LogP contribution in [0.3, 0.4) is 0 Å². The van der Waals surface area contributed by atoms with Crippen molar-refractivity contribution in [3.8, 4) is 23.3 Å². The highest BCUT2D eigenvalue weighted by Gasteiger charge is 2.30. The molecular weight excluding hydrogens is 938 g/mol. The molecule has 392 valence electrons. The van der Waals surface area contributed by atoms with Crippen LogP contribution < -0.4 is 41.0 Å². The molecule has 5 aromatic rings. The van der Waals surface area contributed by atoms with Gasteiger partial charge in [0.25, 0.3) is 5.91 Å². The van der Waals surface area contributed by atoms with Crippen molar-refractivity contribution in [1.29, 1.82) is 0 Å². The predicted octanol–water partition coefficient (Wildman–Crippen LogP) is 8.25. The fourth-order valence-electron chi connectivity index (χ4n) is 8.95. The summed E-state index contributed by atoms with van der Waals surface area (Å²) in [4.78, 5) is 41.3. The maximum atomic E-state index is 13.9. The summed E-state index contributed by atoms with van der Waals surface area (Å²) in [6.07, 6.45) is 2.31. The first-order valence-electron chi connectivity index (χ1n) is 25.2. The van der Waals surface area contributed by atoms with Crippen LogP contribution in [0.1, 0.15) is 91.5 Å². The number of nitrogens with zero attached hydrogens (tertiary/aromatic N) is 3. The fourth-order valence-corrected chi connectivity index (χ4v) is 8.95. The van der Waals surface area contributed by atoms with E-state index < -0.39 is 12.7 Å². The number of carbonyl (C=O) groups excluding carboxylic acids is 3. The molecule has 2 aliphatic rings. The maximum absolute atomic E-state index is 13.9. The number of unbranched alkanes of at least 4 members (excludes halogenated alkanes) is 2. The molecule has 3 amide bonds. The third-order valence-corrected chi connectivity index (χ3v) is 12.7. The predicted molar refractivity (Wildman–Crippen MR) is 282 cm³/mol. The first-order valence-corrected chi connectivity index (χ1v) is 25.2. The molecule has 0 saturated carbocycles. The van der Waals surface area contributed by atoms with E-state index in [1.165, 1.54) is 25.1 Å². The number of aromatic nitrogens is 1. The lowest BCUT2D eigenvalue weighted by Crippen LogP contribution is -2.46. The number of anilines is 3. The molecule has 0 radical (unpaired) electrons. The van der Waals surface area contributed by atoms with E-state index in [1.807, 2.05) is 60.5 Å². The molecule has 0 spiro atoms. The van der Waals surface area contributed by atoms with E-state index in [0.717, 1.165) is 79.8 Å². The lowest BCUT2D eigenvalue weighted by atomic mass is 10.0. The van der Waals surface area contributed by atoms with Crippen molar-refractivity contribution in [3.63, 3.8) is 0 Å². The van der Waals surface area contributed by atoms with Crippen LogP contribution in [-0.4, -0.2) is 111 Å². The Morgan fingerprint density at radius 1 is 0.932 bits per heavy atom. The number of hydrogen-bond acceptors (Lipinski definition) is 10. The summed E-state index contributed by atoms with van der Waals surface area (Å²) in [6.45, 7) is 6.83. The third-order valence-electron chi connectivity index (χ3n) is 12.7. The number of likely N-dealkylation sites (N-methyl/N-ethyl adjacent to an activating group) is 1. The number of rotatable bonds is 19. The van der Waals surface area contributed by atoms with E-state index in [1.54, 1.807) is 36.4 Å². The van der Waals surface area contributed by atoms with Gasteiger partial charge in [-0.3, -0.25) is 14.4 Å². The van der Waals surface area contributed by atoms with Gasteiger partial charge in [0, 0.05) is 74.6 Å². The molecule has 6 N–H and O–H groups in total. The van der Waals surface area contributed by atoms with Crippen molar-refractivity contribution in [2.24, 2.45) is 0 Å². The summed E-state index contributed by atoms with van der Waals surface area (Å²) >= 11 is 0. The molecule has 0 aliphatic carbocycles. The molecule has 0 bridgehead atoms. The number of nitrogens with one attached hydrogen (secondary N) is 5. The minimum atomic E-state index is -4.45. The monoisotopic (exact) mass is 1010 g/mol. The highest BCUT2D eigenvalue weighted by Crippen LogP contribution is 2.32. The third kappa shape index (κ3) is 16.6. The second-order valence-corrected chi connectivity index (χ2v) is 18.6. The Morgan fingerprint density at radius 2 is 1.68 bits per heavy atom. The quantitative estimate of drug-likeness (QED) is 0.0351. The Bertz CT molecular complexity index is 2670. The van der Waals surface area contributed by atoms with Gasteiger partial charge in [0.2, 0.25) is 11.8 Å². The number of fused-ring (bicyclic) bond motifs is 2. The smallest absolute Gasteiger partial charge is 0.406 e. The van der Waals surface area contributed by atoms with Crippen LogP contribution in [0.25, 0.3) is 10.9 Å². The van der Waals surface area contributed by atoms with Gasteiger partial charge in [-0.25, -0.2) is 0 Å². The van der Waals surface area contributed by atoms with Gasteiger partial charge in [0.05, 0.1) is 49.7 Å². The number of methoxy groups -OCH3 is 1. The number of aliphatic hydroxyl groups excluding tert-OH is 1. The number of amides is 3. The SMILES string of the molecule is CCC.CNC(=O)c1ccc(NCC#Cc2cc3c(NC4CCN(CCCCCC(=O)NCc5ccc(COc6ccc7c(c6)N(C)CC(=O)NC(CO)C7)cc5)CC4)cccc3n2CC(F)(F)F)c(OC)c1. The minimum Gasteiger partial charge on any atom is -0.495 e. The largest absolute Gasteiger partial charge is 0.495 e. The molecule has 7 rings (SSSR count). The van der Waals surface area contributed by atoms with Gasteiger partial charge in [0.15, 0.2) is 0 Å². The average Bonchev–Trinajstić information content (AvgIpc) is 3.72. The number of piperidine rings is 1. The Kier molecular flexibility index (Phi) is 20.7. The highest BCUT2D eigenvalue weighted by molar-refractivity contribution is 5.95. The van der Waals surface area contributed by atoms with Gasteiger partial charge < -0.3 is 55.5 Å². The number of alkyl halides is 3. The number of hydrogen-bond donors (Lipinski definition) is 6. The molecule has 1 aromatic heterocycles. The molecule has 73 heavy (non-hydrogen) atoms. The van der Waals surface area contributed by atoms with Crippen molar-refractivity contribution in [2.75, 3.05) is 76.1 Å². The van der Waals surface area contributed by atoms with Gasteiger partial charge in [-0.05, 0) is 104 Å². The van der Waals surface area contributed by atoms with Gasteiger partial charge >= 0.3 is 6.18 Å². The zero-order valence-corrected chi connectivity index (χ0v) is 42.7. The topological polar surface area (TPSA) is 161 Å². The summed E-state index contributed by atoms with van der Waals surface area (Å²) in [5.41, 5.74) is 6.43. The van der Waals surface area contributed by atoms with Gasteiger partial charge in [0.1, 0.15) is 24.7 Å². The van der Waals surface area contributed by atoms with Crippen molar-refractivity contribution in [1.82, 2.24) is 25.4 Å². The number of benzene rings is 4. The molecule has 4 aromatic carbocycles. The minimum absolute atomic E-state index is 0.0227. The second kappa shape index (κ2) is 27.2. The molecule has 1 unspecified atom stereocenters. The molecule has 1 fully saturated rings. The lowest BCUT2D eigenvalue weighted by Gasteiger charge is -2.33.